The van der Waals surface area contributed by atoms with Crippen molar-refractivity contribution >= 4 is 23.9 Å². The molecule has 0 aliphatic rings. The lowest BCUT2D eigenvalue weighted by Crippen LogP contribution is -2.43. The third kappa shape index (κ3) is 5.64. The first kappa shape index (κ1) is 20.6. The first-order valence-electron chi connectivity index (χ1n) is 8.18. The molecular weight excluding hydrogens is 366 g/mol. The Hall–Kier alpha value is -3.72. The smallest absolute Gasteiger partial charge is 0.341 e. The zero-order chi connectivity index (χ0) is 20.5. The number of rotatable bonds is 9. The topological polar surface area (TPSA) is 151 Å². The van der Waals surface area contributed by atoms with Gasteiger partial charge < -0.3 is 26.1 Å². The van der Waals surface area contributed by atoms with Crippen molar-refractivity contribution < 1.29 is 29.3 Å². The van der Waals surface area contributed by atoms with E-state index in [9.17, 15) is 19.5 Å². The molecule has 0 radical (unpaired) electrons. The first-order chi connectivity index (χ1) is 13.4. The Bertz CT molecular complexity index is 862. The van der Waals surface area contributed by atoms with E-state index in [4.69, 9.17) is 15.7 Å². The SMILES string of the molecule is NN=Cc1ccc(C(=O)N[C@@H](CO)C(=O)c2ccc(OCC(=O)O)cc2)cc1. The first-order valence-corrected chi connectivity index (χ1v) is 8.18. The minimum absolute atomic E-state index is 0.233. The number of nitrogens with two attached hydrogens (primary N) is 1. The summed E-state index contributed by atoms with van der Waals surface area (Å²) in [7, 11) is 0. The Kier molecular flexibility index (Phi) is 7.23. The number of hydrogen-bond acceptors (Lipinski definition) is 7. The van der Waals surface area contributed by atoms with Crippen LogP contribution in [-0.4, -0.2) is 53.3 Å². The van der Waals surface area contributed by atoms with Gasteiger partial charge in [0.05, 0.1) is 12.8 Å². The number of ketones is 1. The van der Waals surface area contributed by atoms with Crippen LogP contribution in [-0.2, 0) is 4.79 Å². The highest BCUT2D eigenvalue weighted by Gasteiger charge is 2.22. The number of carboxylic acids is 1. The zero-order valence-electron chi connectivity index (χ0n) is 14.7. The fraction of sp³-hybridized carbons (Fsp3) is 0.158. The Morgan fingerprint density at radius 1 is 1.07 bits per heavy atom. The summed E-state index contributed by atoms with van der Waals surface area (Å²) in [6.07, 6.45) is 1.42. The standard InChI is InChI=1S/C19H19N3O6/c20-21-9-12-1-3-14(4-2-12)19(27)22-16(10-23)18(26)13-5-7-15(8-6-13)28-11-17(24)25/h1-9,16,23H,10-11,20H2,(H,22,27)(H,24,25)/t16-/m0/s1. The van der Waals surface area contributed by atoms with Crippen molar-refractivity contribution in [2.45, 2.75) is 6.04 Å². The number of hydrazone groups is 1. The van der Waals surface area contributed by atoms with Gasteiger partial charge in [-0.3, -0.25) is 9.59 Å². The molecule has 0 aromatic heterocycles. The van der Waals surface area contributed by atoms with Crippen molar-refractivity contribution in [1.82, 2.24) is 5.32 Å². The molecule has 0 aliphatic carbocycles. The summed E-state index contributed by atoms with van der Waals surface area (Å²) in [4.78, 5) is 35.3. The largest absolute Gasteiger partial charge is 0.482 e. The molecule has 0 unspecified atom stereocenters. The number of nitrogens with one attached hydrogen (secondary N) is 1. The average Bonchev–Trinajstić information content (AvgIpc) is 2.71. The number of carboxylic acid groups (broad SMARTS) is 1. The van der Waals surface area contributed by atoms with Gasteiger partial charge in [-0.2, -0.15) is 5.10 Å². The van der Waals surface area contributed by atoms with E-state index in [-0.39, 0.29) is 11.3 Å². The molecule has 1 atom stereocenters. The van der Waals surface area contributed by atoms with Gasteiger partial charge in [0.2, 0.25) is 0 Å². The molecule has 0 aliphatic heterocycles. The zero-order valence-corrected chi connectivity index (χ0v) is 14.7. The number of aliphatic hydroxyl groups is 1. The van der Waals surface area contributed by atoms with Crippen molar-refractivity contribution in [2.75, 3.05) is 13.2 Å². The monoisotopic (exact) mass is 385 g/mol. The van der Waals surface area contributed by atoms with E-state index in [1.165, 1.54) is 30.5 Å². The van der Waals surface area contributed by atoms with Gasteiger partial charge in [0.15, 0.2) is 12.4 Å². The number of Topliss-reactive ketones (excluding diaryl/α,β-unsaturated/α-hetero) is 1. The quantitative estimate of drug-likeness (QED) is 0.211. The van der Waals surface area contributed by atoms with Crippen LogP contribution in [0.3, 0.4) is 0 Å². The van der Waals surface area contributed by atoms with Crippen molar-refractivity contribution in [3.05, 3.63) is 65.2 Å². The molecule has 5 N–H and O–H groups in total. The lowest BCUT2D eigenvalue weighted by Gasteiger charge is -2.15. The van der Waals surface area contributed by atoms with E-state index in [0.717, 1.165) is 0 Å². The summed E-state index contributed by atoms with van der Waals surface area (Å²) in [5.74, 6) is 3.21. The number of carbonyl (C=O) groups excluding carboxylic acids is 2. The summed E-state index contributed by atoms with van der Waals surface area (Å²) >= 11 is 0. The molecule has 9 nitrogen and oxygen atoms in total. The van der Waals surface area contributed by atoms with Gasteiger partial charge in [0.1, 0.15) is 11.8 Å². The number of hydrogen-bond donors (Lipinski definition) is 4. The van der Waals surface area contributed by atoms with Gasteiger partial charge in [-0.15, -0.1) is 0 Å². The summed E-state index contributed by atoms with van der Waals surface area (Å²) in [5.41, 5.74) is 1.24. The maximum absolute atomic E-state index is 12.5. The number of aliphatic hydroxyl groups excluding tert-OH is 1. The molecule has 0 fully saturated rings. The number of benzene rings is 2. The molecule has 2 aromatic carbocycles. The maximum atomic E-state index is 12.5. The van der Waals surface area contributed by atoms with Gasteiger partial charge in [-0.05, 0) is 42.0 Å². The number of aliphatic carboxylic acids is 1. The highest BCUT2D eigenvalue weighted by atomic mass is 16.5. The van der Waals surface area contributed by atoms with Crippen molar-refractivity contribution in [2.24, 2.45) is 10.9 Å². The molecule has 28 heavy (non-hydrogen) atoms. The number of carbonyl (C=O) groups is 3. The Morgan fingerprint density at radius 3 is 2.21 bits per heavy atom. The highest BCUT2D eigenvalue weighted by Crippen LogP contribution is 2.14. The summed E-state index contributed by atoms with van der Waals surface area (Å²) in [6, 6.07) is 10.9. The maximum Gasteiger partial charge on any atom is 0.341 e. The van der Waals surface area contributed by atoms with E-state index in [2.05, 4.69) is 10.4 Å². The van der Waals surface area contributed by atoms with E-state index < -0.39 is 36.9 Å². The lowest BCUT2D eigenvalue weighted by atomic mass is 10.0. The van der Waals surface area contributed by atoms with Crippen LogP contribution in [0.25, 0.3) is 0 Å². The Morgan fingerprint density at radius 2 is 1.68 bits per heavy atom. The second kappa shape index (κ2) is 9.83. The van der Waals surface area contributed by atoms with Crippen LogP contribution in [0.4, 0.5) is 0 Å². The van der Waals surface area contributed by atoms with Crippen LogP contribution in [0.2, 0.25) is 0 Å². The van der Waals surface area contributed by atoms with Crippen LogP contribution >= 0.6 is 0 Å². The fourth-order valence-corrected chi connectivity index (χ4v) is 2.30. The van der Waals surface area contributed by atoms with Crippen molar-refractivity contribution in [3.8, 4) is 5.75 Å². The molecule has 0 heterocycles. The van der Waals surface area contributed by atoms with Crippen LogP contribution < -0.4 is 15.9 Å². The van der Waals surface area contributed by atoms with Crippen LogP contribution in [0.15, 0.2) is 53.6 Å². The average molecular weight is 385 g/mol. The number of nitrogens with zero attached hydrogens (tertiary/aromatic N) is 1. The number of amides is 1. The molecule has 146 valence electrons. The molecule has 0 spiro atoms. The second-order valence-electron chi connectivity index (χ2n) is 5.68. The summed E-state index contributed by atoms with van der Waals surface area (Å²) in [5, 5.41) is 24.0. The van der Waals surface area contributed by atoms with E-state index >= 15 is 0 Å². The van der Waals surface area contributed by atoms with Gasteiger partial charge in [0.25, 0.3) is 5.91 Å². The van der Waals surface area contributed by atoms with E-state index in [1.54, 1.807) is 24.3 Å². The highest BCUT2D eigenvalue weighted by molar-refractivity contribution is 6.04. The normalized spacial score (nSPS) is 11.8. The van der Waals surface area contributed by atoms with Gasteiger partial charge >= 0.3 is 5.97 Å². The predicted octanol–water partition coefficient (Wildman–Crippen LogP) is 0.416. The summed E-state index contributed by atoms with van der Waals surface area (Å²) in [6.45, 7) is -1.09. The van der Waals surface area contributed by atoms with Crippen LogP contribution in [0.1, 0.15) is 26.3 Å². The molecule has 9 heteroatoms. The molecule has 1 amide bonds. The van der Waals surface area contributed by atoms with Gasteiger partial charge in [-0.1, -0.05) is 12.1 Å². The number of ether oxygens (including phenoxy) is 1. The van der Waals surface area contributed by atoms with Crippen molar-refractivity contribution in [1.29, 1.82) is 0 Å². The third-order valence-corrected chi connectivity index (χ3v) is 3.70. The molecule has 2 rings (SSSR count). The lowest BCUT2D eigenvalue weighted by molar-refractivity contribution is -0.139. The Labute approximate surface area is 160 Å². The minimum atomic E-state index is -1.14. The molecule has 0 saturated heterocycles. The molecule has 0 bridgehead atoms. The summed E-state index contributed by atoms with van der Waals surface area (Å²) < 4.78 is 4.99. The molecule has 0 saturated carbocycles. The van der Waals surface area contributed by atoms with Gasteiger partial charge in [-0.25, -0.2) is 4.79 Å². The van der Waals surface area contributed by atoms with Gasteiger partial charge in [0, 0.05) is 11.1 Å². The third-order valence-electron chi connectivity index (χ3n) is 3.70. The Balaban J connectivity index is 2.04. The van der Waals surface area contributed by atoms with E-state index in [1.807, 2.05) is 0 Å². The van der Waals surface area contributed by atoms with Crippen LogP contribution in [0, 0.1) is 0 Å². The van der Waals surface area contributed by atoms with Crippen LogP contribution in [0.5, 0.6) is 5.75 Å². The van der Waals surface area contributed by atoms with E-state index in [0.29, 0.717) is 11.1 Å². The predicted molar refractivity (Wildman–Crippen MR) is 100 cm³/mol. The molecular formula is C19H19N3O6. The molecule has 2 aromatic rings. The van der Waals surface area contributed by atoms with Crippen molar-refractivity contribution in [3.63, 3.8) is 0 Å². The second-order valence-corrected chi connectivity index (χ2v) is 5.68. The fourth-order valence-electron chi connectivity index (χ4n) is 2.30. The minimum Gasteiger partial charge on any atom is -0.482 e.